The first-order valence-electron chi connectivity index (χ1n) is 11.5. The lowest BCUT2D eigenvalue weighted by molar-refractivity contribution is 0.0370. The summed E-state index contributed by atoms with van der Waals surface area (Å²) in [4.78, 5) is 10.3. The molecule has 0 saturated heterocycles. The second kappa shape index (κ2) is 7.45. The highest BCUT2D eigenvalue weighted by atomic mass is 16.5. The molecule has 30 heavy (non-hydrogen) atoms. The fraction of sp³-hybridized carbons (Fsp3) is 0.560. The van der Waals surface area contributed by atoms with Crippen LogP contribution in [0, 0.1) is 25.7 Å². The summed E-state index contributed by atoms with van der Waals surface area (Å²) in [6, 6.07) is 4.49. The Kier molecular flexibility index (Phi) is 4.89. The maximum atomic E-state index is 6.04. The summed E-state index contributed by atoms with van der Waals surface area (Å²) in [6.07, 6.45) is 12.5. The number of aliphatic imine (C=N–C) groups is 1. The van der Waals surface area contributed by atoms with Crippen LogP contribution in [-0.4, -0.2) is 35.7 Å². The number of hydrogen-bond acceptors (Lipinski definition) is 5. The van der Waals surface area contributed by atoms with E-state index in [1.54, 1.807) is 7.11 Å². The zero-order valence-electron chi connectivity index (χ0n) is 18.7. The lowest BCUT2D eigenvalue weighted by Crippen LogP contribution is -2.60. The summed E-state index contributed by atoms with van der Waals surface area (Å²) in [5.41, 5.74) is 4.56. The van der Waals surface area contributed by atoms with E-state index in [0.29, 0.717) is 0 Å². The second-order valence-electron chi connectivity index (χ2n) is 9.39. The molecule has 5 rings (SSSR count). The molecule has 1 unspecified atom stereocenters. The maximum Gasteiger partial charge on any atom is 0.168 e. The predicted molar refractivity (Wildman–Crippen MR) is 121 cm³/mol. The molecule has 0 spiro atoms. The van der Waals surface area contributed by atoms with Crippen LogP contribution in [0.5, 0.6) is 5.75 Å². The van der Waals surface area contributed by atoms with Crippen molar-refractivity contribution in [3.63, 3.8) is 0 Å². The minimum Gasteiger partial charge on any atom is -0.496 e. The Hall–Kier alpha value is -2.27. The summed E-state index contributed by atoms with van der Waals surface area (Å²) in [6.45, 7) is 8.87. The Morgan fingerprint density at radius 2 is 1.87 bits per heavy atom. The van der Waals surface area contributed by atoms with Crippen LogP contribution in [0.25, 0.3) is 0 Å². The summed E-state index contributed by atoms with van der Waals surface area (Å²) in [5.74, 6) is 3.57. The van der Waals surface area contributed by atoms with Crippen molar-refractivity contribution in [2.75, 3.05) is 20.2 Å². The van der Waals surface area contributed by atoms with Crippen molar-refractivity contribution >= 4 is 5.71 Å². The number of benzene rings is 1. The number of hydrogen-bond donors (Lipinski definition) is 1. The number of fused-ring (bicyclic) bond motifs is 1. The normalized spacial score (nSPS) is 25.2. The molecule has 5 nitrogen and oxygen atoms in total. The van der Waals surface area contributed by atoms with Gasteiger partial charge in [0.2, 0.25) is 0 Å². The first-order chi connectivity index (χ1) is 14.6. The van der Waals surface area contributed by atoms with Crippen LogP contribution in [0.1, 0.15) is 55.7 Å². The van der Waals surface area contributed by atoms with Crippen molar-refractivity contribution in [1.82, 2.24) is 15.1 Å². The molecule has 160 valence electrons. The van der Waals surface area contributed by atoms with Gasteiger partial charge in [0.15, 0.2) is 11.5 Å². The number of rotatable bonds is 8. The zero-order valence-corrected chi connectivity index (χ0v) is 18.7. The Labute approximate surface area is 180 Å². The standard InChI is InChI=1S/C25H34N4O/c1-5-22-25(29-11-10-26-14-23(29)27-22,24-18(3)12-17(2)13-21(24)30-4)28(15-19-6-7-19)16-20-8-9-20/h10-14,19-20,26H,5-9,15-16H2,1-4H3. The Morgan fingerprint density at radius 3 is 2.47 bits per heavy atom. The molecule has 2 saturated carbocycles. The molecule has 0 amide bonds. The zero-order chi connectivity index (χ0) is 20.9. The van der Waals surface area contributed by atoms with Crippen LogP contribution in [-0.2, 0) is 5.66 Å². The highest BCUT2D eigenvalue weighted by molar-refractivity contribution is 5.98. The fourth-order valence-corrected chi connectivity index (χ4v) is 5.28. The van der Waals surface area contributed by atoms with Gasteiger partial charge in [0.25, 0.3) is 0 Å². The topological polar surface area (TPSA) is 40.1 Å². The van der Waals surface area contributed by atoms with Crippen molar-refractivity contribution in [2.24, 2.45) is 16.8 Å². The van der Waals surface area contributed by atoms with E-state index < -0.39 is 5.66 Å². The van der Waals surface area contributed by atoms with Gasteiger partial charge in [0, 0.05) is 37.3 Å². The first-order valence-corrected chi connectivity index (χ1v) is 11.5. The van der Waals surface area contributed by atoms with Gasteiger partial charge in [-0.3, -0.25) is 4.90 Å². The Bertz CT molecular complexity index is 911. The van der Waals surface area contributed by atoms with Crippen molar-refractivity contribution in [3.05, 3.63) is 53.2 Å². The van der Waals surface area contributed by atoms with Gasteiger partial charge in [-0.25, -0.2) is 4.99 Å². The number of nitrogens with one attached hydrogen (secondary N) is 1. The molecule has 2 aliphatic carbocycles. The van der Waals surface area contributed by atoms with Gasteiger partial charge in [0.05, 0.1) is 12.8 Å². The molecule has 0 bridgehead atoms. The second-order valence-corrected chi connectivity index (χ2v) is 9.39. The maximum absolute atomic E-state index is 6.04. The van der Waals surface area contributed by atoms with Gasteiger partial charge >= 0.3 is 0 Å². The van der Waals surface area contributed by atoms with Crippen LogP contribution < -0.4 is 10.1 Å². The quantitative estimate of drug-likeness (QED) is 0.683. The van der Waals surface area contributed by atoms with Gasteiger partial charge in [0.1, 0.15) is 5.75 Å². The van der Waals surface area contributed by atoms with E-state index in [9.17, 15) is 0 Å². The van der Waals surface area contributed by atoms with Crippen LogP contribution in [0.4, 0.5) is 0 Å². The molecule has 1 atom stereocenters. The molecule has 2 aliphatic heterocycles. The van der Waals surface area contributed by atoms with Gasteiger partial charge in [-0.05, 0) is 75.0 Å². The van der Waals surface area contributed by atoms with Crippen molar-refractivity contribution in [1.29, 1.82) is 0 Å². The highest BCUT2D eigenvalue weighted by Gasteiger charge is 2.55. The molecular formula is C25H34N4O. The molecule has 0 radical (unpaired) electrons. The Morgan fingerprint density at radius 1 is 1.17 bits per heavy atom. The molecule has 1 aromatic rings. The van der Waals surface area contributed by atoms with Crippen LogP contribution >= 0.6 is 0 Å². The average molecular weight is 407 g/mol. The van der Waals surface area contributed by atoms with Gasteiger partial charge in [-0.1, -0.05) is 13.0 Å². The monoisotopic (exact) mass is 406 g/mol. The number of nitrogens with zero attached hydrogens (tertiary/aromatic N) is 3. The lowest BCUT2D eigenvalue weighted by Gasteiger charge is -2.49. The summed E-state index contributed by atoms with van der Waals surface area (Å²) >= 11 is 0. The van der Waals surface area contributed by atoms with Crippen molar-refractivity contribution in [3.8, 4) is 5.75 Å². The third-order valence-corrected chi connectivity index (χ3v) is 6.94. The SMILES string of the molecule is CCC1=NC2=CNC=CN2C1(c1c(C)cc(C)cc1OC)N(CC1CC1)CC1CC1. The summed E-state index contributed by atoms with van der Waals surface area (Å²) < 4.78 is 6.04. The number of ether oxygens (including phenoxy) is 1. The first kappa shape index (κ1) is 19.7. The van der Waals surface area contributed by atoms with Crippen LogP contribution in [0.3, 0.4) is 0 Å². The molecule has 2 fully saturated rings. The van der Waals surface area contributed by atoms with Gasteiger partial charge < -0.3 is 15.0 Å². The molecule has 0 aromatic heterocycles. The molecule has 2 heterocycles. The fourth-order valence-electron chi connectivity index (χ4n) is 5.28. The summed E-state index contributed by atoms with van der Waals surface area (Å²) in [5, 5.41) is 3.25. The number of methoxy groups -OCH3 is 1. The molecule has 1 aromatic carbocycles. The van der Waals surface area contributed by atoms with E-state index in [0.717, 1.165) is 42.9 Å². The van der Waals surface area contributed by atoms with Gasteiger partial charge in [-0.2, -0.15) is 0 Å². The Balaban J connectivity index is 1.76. The predicted octanol–water partition coefficient (Wildman–Crippen LogP) is 4.63. The third kappa shape index (κ3) is 3.15. The summed E-state index contributed by atoms with van der Waals surface area (Å²) in [7, 11) is 1.81. The van der Waals surface area contributed by atoms with Gasteiger partial charge in [-0.15, -0.1) is 0 Å². The van der Waals surface area contributed by atoms with E-state index in [4.69, 9.17) is 9.73 Å². The van der Waals surface area contributed by atoms with Crippen molar-refractivity contribution in [2.45, 2.75) is 58.5 Å². The number of aryl methyl sites for hydroxylation is 2. The molecule has 1 N–H and O–H groups in total. The molecule has 4 aliphatic rings. The van der Waals surface area contributed by atoms with Crippen molar-refractivity contribution < 1.29 is 4.74 Å². The van der Waals surface area contributed by atoms with E-state index >= 15 is 0 Å². The molecular weight excluding hydrogens is 372 g/mol. The lowest BCUT2D eigenvalue weighted by atomic mass is 9.84. The highest BCUT2D eigenvalue weighted by Crippen LogP contribution is 2.51. The molecule has 5 heteroatoms. The van der Waals surface area contributed by atoms with E-state index in [2.05, 4.69) is 54.2 Å². The van der Waals surface area contributed by atoms with Crippen LogP contribution in [0.2, 0.25) is 0 Å². The minimum atomic E-state index is -0.423. The smallest absolute Gasteiger partial charge is 0.168 e. The van der Waals surface area contributed by atoms with E-state index in [-0.39, 0.29) is 0 Å². The largest absolute Gasteiger partial charge is 0.496 e. The minimum absolute atomic E-state index is 0.423. The average Bonchev–Trinajstić information content (AvgIpc) is 3.67. The van der Waals surface area contributed by atoms with E-state index in [1.807, 2.05) is 12.4 Å². The van der Waals surface area contributed by atoms with E-state index in [1.165, 1.54) is 48.1 Å². The van der Waals surface area contributed by atoms with Crippen LogP contribution in [0.15, 0.2) is 41.5 Å². The third-order valence-electron chi connectivity index (χ3n) is 6.94.